The second-order valence-electron chi connectivity index (χ2n) is 6.10. The van der Waals surface area contributed by atoms with Crippen LogP contribution >= 0.6 is 0 Å². The van der Waals surface area contributed by atoms with E-state index in [9.17, 15) is 18.8 Å². The average Bonchev–Trinajstić information content (AvgIpc) is 2.93. The van der Waals surface area contributed by atoms with Gasteiger partial charge in [-0.3, -0.25) is 9.59 Å². The van der Waals surface area contributed by atoms with E-state index in [0.717, 1.165) is 6.07 Å². The summed E-state index contributed by atoms with van der Waals surface area (Å²) < 4.78 is 18.4. The molecule has 1 amide bonds. The van der Waals surface area contributed by atoms with Crippen molar-refractivity contribution in [1.82, 2.24) is 9.88 Å². The number of nitrogens with zero attached hydrogens (tertiary/aromatic N) is 1. The Balaban J connectivity index is 2.25. The molecule has 7 heteroatoms. The van der Waals surface area contributed by atoms with Crippen molar-refractivity contribution in [1.29, 1.82) is 0 Å². The maximum Gasteiger partial charge on any atom is 0.355 e. The first-order valence-electron chi connectivity index (χ1n) is 8.74. The third-order valence-electron chi connectivity index (χ3n) is 4.27. The van der Waals surface area contributed by atoms with E-state index in [1.54, 1.807) is 27.7 Å². The molecule has 27 heavy (non-hydrogen) atoms. The molecule has 1 aromatic heterocycles. The van der Waals surface area contributed by atoms with Gasteiger partial charge >= 0.3 is 5.97 Å². The molecule has 1 aromatic carbocycles. The maximum absolute atomic E-state index is 13.4. The number of esters is 1. The Bertz CT molecular complexity index is 873. The fourth-order valence-corrected chi connectivity index (χ4v) is 2.96. The van der Waals surface area contributed by atoms with Crippen LogP contribution < -0.4 is 0 Å². The number of likely N-dealkylation sites (N-methyl/N-ethyl adjacent to an activating group) is 1. The number of ketones is 1. The number of H-pyrrole nitrogens is 1. The highest BCUT2D eigenvalue weighted by Gasteiger charge is 2.25. The minimum Gasteiger partial charge on any atom is -0.461 e. The van der Waals surface area contributed by atoms with Gasteiger partial charge in [-0.2, -0.15) is 0 Å². The maximum atomic E-state index is 13.4. The van der Waals surface area contributed by atoms with Crippen molar-refractivity contribution in [3.05, 3.63) is 58.2 Å². The van der Waals surface area contributed by atoms with Crippen molar-refractivity contribution in [2.75, 3.05) is 19.7 Å². The molecular weight excluding hydrogens is 351 g/mol. The number of carbonyl (C=O) groups excluding carboxylic acids is 3. The Labute approximate surface area is 157 Å². The predicted molar refractivity (Wildman–Crippen MR) is 98.5 cm³/mol. The van der Waals surface area contributed by atoms with Crippen LogP contribution in [-0.4, -0.2) is 47.2 Å². The summed E-state index contributed by atoms with van der Waals surface area (Å²) in [7, 11) is 0. The van der Waals surface area contributed by atoms with E-state index >= 15 is 0 Å². The summed E-state index contributed by atoms with van der Waals surface area (Å²) in [5.41, 5.74) is 1.81. The minimum atomic E-state index is -0.527. The van der Waals surface area contributed by atoms with Gasteiger partial charge < -0.3 is 14.6 Å². The number of benzene rings is 1. The predicted octanol–water partition coefficient (Wildman–Crippen LogP) is 3.29. The Kier molecular flexibility index (Phi) is 6.50. The standard InChI is InChI=1S/C20H23FN2O4/c1-5-23(19(25)14-8-7-9-15(21)10-14)11-16(24)17-12(3)18(22-13(17)4)20(26)27-6-2/h7-10,22H,5-6,11H2,1-4H3. The number of rotatable bonds is 7. The van der Waals surface area contributed by atoms with E-state index in [2.05, 4.69) is 4.98 Å². The van der Waals surface area contributed by atoms with Crippen molar-refractivity contribution >= 4 is 17.7 Å². The first kappa shape index (κ1) is 20.4. The van der Waals surface area contributed by atoms with Crippen LogP contribution in [0.4, 0.5) is 4.39 Å². The van der Waals surface area contributed by atoms with Crippen LogP contribution in [0.1, 0.15) is 56.3 Å². The molecule has 2 rings (SSSR count). The molecule has 0 atom stereocenters. The second-order valence-corrected chi connectivity index (χ2v) is 6.10. The number of amides is 1. The van der Waals surface area contributed by atoms with Gasteiger partial charge in [0.05, 0.1) is 13.2 Å². The number of aromatic nitrogens is 1. The van der Waals surface area contributed by atoms with Gasteiger partial charge in [-0.15, -0.1) is 0 Å². The van der Waals surface area contributed by atoms with Crippen molar-refractivity contribution < 1.29 is 23.5 Å². The Morgan fingerprint density at radius 1 is 1.19 bits per heavy atom. The van der Waals surface area contributed by atoms with Crippen molar-refractivity contribution in [2.24, 2.45) is 0 Å². The lowest BCUT2D eigenvalue weighted by molar-refractivity contribution is 0.0519. The number of nitrogens with one attached hydrogen (secondary N) is 1. The third-order valence-corrected chi connectivity index (χ3v) is 4.27. The van der Waals surface area contributed by atoms with Crippen LogP contribution in [0.25, 0.3) is 0 Å². The molecule has 2 aromatic rings. The van der Waals surface area contributed by atoms with Gasteiger partial charge in [0.25, 0.3) is 5.91 Å². The first-order valence-corrected chi connectivity index (χ1v) is 8.74. The smallest absolute Gasteiger partial charge is 0.355 e. The van der Waals surface area contributed by atoms with Crippen molar-refractivity contribution in [2.45, 2.75) is 27.7 Å². The molecule has 6 nitrogen and oxygen atoms in total. The molecule has 0 bridgehead atoms. The molecule has 1 heterocycles. The van der Waals surface area contributed by atoms with E-state index in [1.165, 1.54) is 23.1 Å². The second kappa shape index (κ2) is 8.62. The number of carbonyl (C=O) groups is 3. The van der Waals surface area contributed by atoms with Crippen LogP contribution in [0.3, 0.4) is 0 Å². The first-order chi connectivity index (χ1) is 12.8. The molecule has 0 saturated carbocycles. The zero-order valence-corrected chi connectivity index (χ0v) is 15.9. The summed E-state index contributed by atoms with van der Waals surface area (Å²) in [6.45, 7) is 7.13. The number of hydrogen-bond acceptors (Lipinski definition) is 4. The van der Waals surface area contributed by atoms with E-state index in [0.29, 0.717) is 16.8 Å². The van der Waals surface area contributed by atoms with Gasteiger partial charge in [-0.05, 0) is 51.5 Å². The van der Waals surface area contributed by atoms with Gasteiger partial charge in [-0.25, -0.2) is 9.18 Å². The van der Waals surface area contributed by atoms with E-state index in [-0.39, 0.29) is 36.7 Å². The molecule has 0 aliphatic heterocycles. The van der Waals surface area contributed by atoms with Crippen LogP contribution in [-0.2, 0) is 4.74 Å². The highest BCUT2D eigenvalue weighted by atomic mass is 19.1. The molecule has 0 unspecified atom stereocenters. The molecule has 0 radical (unpaired) electrons. The number of aryl methyl sites for hydroxylation is 1. The molecule has 0 spiro atoms. The summed E-state index contributed by atoms with van der Waals surface area (Å²) >= 11 is 0. The summed E-state index contributed by atoms with van der Waals surface area (Å²) in [6, 6.07) is 5.34. The van der Waals surface area contributed by atoms with E-state index in [4.69, 9.17) is 4.74 Å². The lowest BCUT2D eigenvalue weighted by atomic mass is 10.0. The molecular formula is C20H23FN2O4. The van der Waals surface area contributed by atoms with Crippen LogP contribution in [0.2, 0.25) is 0 Å². The van der Waals surface area contributed by atoms with Crippen molar-refractivity contribution in [3.8, 4) is 0 Å². The summed E-state index contributed by atoms with van der Waals surface area (Å²) in [5, 5.41) is 0. The number of aromatic amines is 1. The molecule has 0 aliphatic carbocycles. The molecule has 0 saturated heterocycles. The minimum absolute atomic E-state index is 0.173. The Hall–Kier alpha value is -2.96. The zero-order valence-electron chi connectivity index (χ0n) is 15.9. The lowest BCUT2D eigenvalue weighted by Crippen LogP contribution is -2.36. The van der Waals surface area contributed by atoms with Crippen LogP contribution in [0, 0.1) is 19.7 Å². The van der Waals surface area contributed by atoms with Crippen LogP contribution in [0.5, 0.6) is 0 Å². The van der Waals surface area contributed by atoms with E-state index in [1.807, 2.05) is 0 Å². The number of Topliss-reactive ketones (excluding diaryl/α,β-unsaturated/α-hetero) is 1. The highest BCUT2D eigenvalue weighted by Crippen LogP contribution is 2.20. The van der Waals surface area contributed by atoms with Gasteiger partial charge in [0.15, 0.2) is 5.78 Å². The topological polar surface area (TPSA) is 79.5 Å². The van der Waals surface area contributed by atoms with E-state index < -0.39 is 17.7 Å². The van der Waals surface area contributed by atoms with Gasteiger partial charge in [-0.1, -0.05) is 6.07 Å². The average molecular weight is 374 g/mol. The highest BCUT2D eigenvalue weighted by molar-refractivity contribution is 6.05. The zero-order chi connectivity index (χ0) is 20.1. The van der Waals surface area contributed by atoms with Gasteiger partial charge in [0, 0.05) is 23.4 Å². The fourth-order valence-electron chi connectivity index (χ4n) is 2.96. The van der Waals surface area contributed by atoms with Crippen LogP contribution in [0.15, 0.2) is 24.3 Å². The normalized spacial score (nSPS) is 10.6. The Morgan fingerprint density at radius 2 is 1.89 bits per heavy atom. The summed E-state index contributed by atoms with van der Waals surface area (Å²) in [6.07, 6.45) is 0. The molecule has 0 aliphatic rings. The number of ether oxygens (including phenoxy) is 1. The number of hydrogen-bond donors (Lipinski definition) is 1. The van der Waals surface area contributed by atoms with Gasteiger partial charge in [0.2, 0.25) is 0 Å². The van der Waals surface area contributed by atoms with Crippen molar-refractivity contribution in [3.63, 3.8) is 0 Å². The van der Waals surface area contributed by atoms with Gasteiger partial charge in [0.1, 0.15) is 11.5 Å². The SMILES string of the molecule is CCOC(=O)c1[nH]c(C)c(C(=O)CN(CC)C(=O)c2cccc(F)c2)c1C. The monoisotopic (exact) mass is 374 g/mol. The number of halogens is 1. The lowest BCUT2D eigenvalue weighted by Gasteiger charge is -2.20. The quantitative estimate of drug-likeness (QED) is 0.596. The largest absolute Gasteiger partial charge is 0.461 e. The Morgan fingerprint density at radius 3 is 2.48 bits per heavy atom. The third kappa shape index (κ3) is 4.42. The summed E-state index contributed by atoms with van der Waals surface area (Å²) in [5.74, 6) is -1.77. The summed E-state index contributed by atoms with van der Waals surface area (Å²) in [4.78, 5) is 41.6. The fraction of sp³-hybridized carbons (Fsp3) is 0.350. The molecule has 144 valence electrons. The molecule has 0 fully saturated rings. The molecule has 1 N–H and O–H groups in total.